The zero-order valence-electron chi connectivity index (χ0n) is 16.8. The number of carbonyl (C=O) groups is 1. The molecule has 2 aromatic heterocycles. The van der Waals surface area contributed by atoms with Gasteiger partial charge in [0.05, 0.1) is 20.9 Å². The lowest BCUT2D eigenvalue weighted by Crippen LogP contribution is -2.32. The van der Waals surface area contributed by atoms with Gasteiger partial charge in [0.2, 0.25) is 0 Å². The van der Waals surface area contributed by atoms with E-state index in [1.165, 1.54) is 10.6 Å². The van der Waals surface area contributed by atoms with E-state index in [-0.39, 0.29) is 20.8 Å². The number of hydrogen-bond acceptors (Lipinski definition) is 5. The largest absolute Gasteiger partial charge is 0.320 e. The van der Waals surface area contributed by atoms with Crippen LogP contribution in [0, 0.1) is 11.3 Å². The van der Waals surface area contributed by atoms with Crippen LogP contribution in [0.2, 0.25) is 10.0 Å². The maximum absolute atomic E-state index is 13.3. The molecule has 9 heteroatoms. The van der Waals surface area contributed by atoms with Gasteiger partial charge in [-0.05, 0) is 54.1 Å². The summed E-state index contributed by atoms with van der Waals surface area (Å²) in [6.07, 6.45) is 4.93. The molecule has 4 aromatic rings. The number of hydrogen-bond donors (Lipinski definition) is 1. The van der Waals surface area contributed by atoms with Crippen LogP contribution in [0.25, 0.3) is 17.3 Å². The smallest absolute Gasteiger partial charge is 0.273 e. The Kier molecular flexibility index (Phi) is 6.71. The number of aromatic nitrogens is 2. The van der Waals surface area contributed by atoms with E-state index in [4.69, 9.17) is 23.2 Å². The van der Waals surface area contributed by atoms with Crippen molar-refractivity contribution in [3.05, 3.63) is 108 Å². The molecule has 0 radical (unpaired) electrons. The summed E-state index contributed by atoms with van der Waals surface area (Å²) in [5.41, 5.74) is 1.04. The van der Waals surface area contributed by atoms with E-state index in [9.17, 15) is 14.9 Å². The molecule has 4 rings (SSSR count). The summed E-state index contributed by atoms with van der Waals surface area (Å²) >= 11 is 13.1. The Balaban J connectivity index is 1.94. The number of anilines is 1. The van der Waals surface area contributed by atoms with Crippen molar-refractivity contribution in [2.75, 3.05) is 5.32 Å². The Labute approximate surface area is 202 Å². The molecule has 0 saturated carbocycles. The van der Waals surface area contributed by atoms with Crippen LogP contribution in [0.5, 0.6) is 0 Å². The van der Waals surface area contributed by atoms with Crippen molar-refractivity contribution in [3.8, 4) is 11.8 Å². The highest BCUT2D eigenvalue weighted by Crippen LogP contribution is 2.25. The van der Waals surface area contributed by atoms with E-state index in [2.05, 4.69) is 10.3 Å². The molecule has 0 fully saturated rings. The van der Waals surface area contributed by atoms with E-state index >= 15 is 0 Å². The van der Waals surface area contributed by atoms with Crippen LogP contribution in [-0.2, 0) is 4.79 Å². The molecule has 2 aromatic carbocycles. The van der Waals surface area contributed by atoms with Gasteiger partial charge in [-0.3, -0.25) is 19.1 Å². The summed E-state index contributed by atoms with van der Waals surface area (Å²) in [5, 5.41) is 13.1. The average molecular weight is 493 g/mol. The third-order valence-electron chi connectivity index (χ3n) is 4.57. The van der Waals surface area contributed by atoms with E-state index in [0.29, 0.717) is 20.9 Å². The number of para-hydroxylation sites is 1. The molecule has 0 unspecified atom stereocenters. The number of nitrogens with one attached hydrogen (secondary N) is 1. The quantitative estimate of drug-likeness (QED) is 0.469. The number of rotatable bonds is 4. The first kappa shape index (κ1) is 22.5. The minimum atomic E-state index is -0.692. The van der Waals surface area contributed by atoms with Crippen LogP contribution in [0.1, 0.15) is 5.56 Å². The van der Waals surface area contributed by atoms with Gasteiger partial charge < -0.3 is 5.32 Å². The fourth-order valence-electron chi connectivity index (χ4n) is 3.04. The van der Waals surface area contributed by atoms with Gasteiger partial charge in [-0.2, -0.15) is 5.26 Å². The molecule has 0 saturated heterocycles. The molecule has 1 amide bonds. The third kappa shape index (κ3) is 4.89. The maximum Gasteiger partial charge on any atom is 0.273 e. The van der Waals surface area contributed by atoms with Crippen molar-refractivity contribution < 1.29 is 4.79 Å². The van der Waals surface area contributed by atoms with Crippen molar-refractivity contribution in [1.82, 2.24) is 9.55 Å². The molecule has 6 nitrogen and oxygen atoms in total. The number of pyridine rings is 1. The molecule has 0 aliphatic rings. The Morgan fingerprint density at radius 2 is 1.82 bits per heavy atom. The molecule has 33 heavy (non-hydrogen) atoms. The summed E-state index contributed by atoms with van der Waals surface area (Å²) in [6.45, 7) is 0. The lowest BCUT2D eigenvalue weighted by molar-refractivity contribution is -0.111. The Hall–Kier alpha value is -3.70. The van der Waals surface area contributed by atoms with E-state index in [0.717, 1.165) is 16.9 Å². The van der Waals surface area contributed by atoms with Crippen molar-refractivity contribution >= 4 is 57.8 Å². The average Bonchev–Trinajstić information content (AvgIpc) is 3.13. The van der Waals surface area contributed by atoms with Crippen molar-refractivity contribution in [3.63, 3.8) is 0 Å². The zero-order chi connectivity index (χ0) is 23.4. The second-order valence-corrected chi connectivity index (χ2v) is 8.61. The Morgan fingerprint density at radius 1 is 1.09 bits per heavy atom. The van der Waals surface area contributed by atoms with Gasteiger partial charge in [0.1, 0.15) is 10.7 Å². The van der Waals surface area contributed by atoms with Crippen LogP contribution in [0.15, 0.2) is 77.9 Å². The summed E-state index contributed by atoms with van der Waals surface area (Å²) in [7, 11) is 0. The van der Waals surface area contributed by atoms with E-state index in [1.54, 1.807) is 67.0 Å². The molecule has 0 atom stereocenters. The summed E-state index contributed by atoms with van der Waals surface area (Å²) < 4.78 is 1.93. The normalized spacial score (nSPS) is 12.2. The van der Waals surface area contributed by atoms with Gasteiger partial charge in [0.15, 0.2) is 5.57 Å². The molecule has 0 aliphatic heterocycles. The van der Waals surface area contributed by atoms with Gasteiger partial charge >= 0.3 is 0 Å². The zero-order valence-corrected chi connectivity index (χ0v) is 19.2. The Bertz CT molecular complexity index is 1560. The molecular formula is C24H14Cl2N4O2S. The van der Waals surface area contributed by atoms with Crippen molar-refractivity contribution in [2.24, 2.45) is 0 Å². The highest BCUT2D eigenvalue weighted by atomic mass is 35.5. The predicted molar refractivity (Wildman–Crippen MR) is 131 cm³/mol. The molecular weight excluding hydrogens is 479 g/mol. The highest BCUT2D eigenvalue weighted by molar-refractivity contribution is 7.07. The number of amides is 1. The van der Waals surface area contributed by atoms with Crippen LogP contribution >= 0.6 is 34.5 Å². The predicted octanol–water partition coefficient (Wildman–Crippen LogP) is 3.74. The standard InChI is InChI=1S/C24H14Cl2N4O2S/c25-16-6-7-20(19(26)13-16)29-22(31)18(14-27)24-30(17-4-2-1-3-5-17)23(32)21(33-24)12-15-8-10-28-11-9-15/h1-13H,(H,29,31)/b21-12+,24-18-. The lowest BCUT2D eigenvalue weighted by atomic mass is 10.2. The first-order valence-corrected chi connectivity index (χ1v) is 11.1. The number of halogens is 2. The molecule has 2 heterocycles. The van der Waals surface area contributed by atoms with Gasteiger partial charge in [-0.15, -0.1) is 11.3 Å². The van der Waals surface area contributed by atoms with E-state index in [1.807, 2.05) is 12.1 Å². The minimum absolute atomic E-state index is 0.205. The van der Waals surface area contributed by atoms with Gasteiger partial charge in [-0.1, -0.05) is 41.4 Å². The highest BCUT2D eigenvalue weighted by Gasteiger charge is 2.18. The third-order valence-corrected chi connectivity index (χ3v) is 6.21. The van der Waals surface area contributed by atoms with Crippen molar-refractivity contribution in [1.29, 1.82) is 5.26 Å². The second kappa shape index (κ2) is 9.84. The fraction of sp³-hybridized carbons (Fsp3) is 0. The first-order valence-electron chi connectivity index (χ1n) is 9.58. The van der Waals surface area contributed by atoms with Crippen molar-refractivity contribution in [2.45, 2.75) is 0 Å². The van der Waals surface area contributed by atoms with Crippen LogP contribution in [-0.4, -0.2) is 15.5 Å². The number of carbonyl (C=O) groups excluding carboxylic acids is 1. The van der Waals surface area contributed by atoms with Gasteiger partial charge in [-0.25, -0.2) is 0 Å². The van der Waals surface area contributed by atoms with Gasteiger partial charge in [0.25, 0.3) is 11.5 Å². The summed E-state index contributed by atoms with van der Waals surface area (Å²) in [4.78, 5) is 30.4. The molecule has 162 valence electrons. The number of nitriles is 1. The maximum atomic E-state index is 13.3. The molecule has 0 spiro atoms. The van der Waals surface area contributed by atoms with Crippen LogP contribution in [0.4, 0.5) is 5.69 Å². The summed E-state index contributed by atoms with van der Waals surface area (Å²) in [5.74, 6) is -0.692. The SMILES string of the molecule is N#C/C(C(=O)Nc1ccc(Cl)cc1Cl)=c1/s/c(=C/c2ccncc2)c(=O)n1-c1ccccc1. The number of thiazole rings is 1. The van der Waals surface area contributed by atoms with E-state index < -0.39 is 5.91 Å². The minimum Gasteiger partial charge on any atom is -0.320 e. The van der Waals surface area contributed by atoms with Crippen LogP contribution < -0.4 is 20.1 Å². The fourth-order valence-corrected chi connectivity index (χ4v) is 4.60. The molecule has 1 N–H and O–H groups in total. The summed E-state index contributed by atoms with van der Waals surface area (Å²) in [6, 6.07) is 18.9. The van der Waals surface area contributed by atoms with Crippen LogP contribution in [0.3, 0.4) is 0 Å². The second-order valence-electron chi connectivity index (χ2n) is 6.74. The Morgan fingerprint density at radius 3 is 2.48 bits per heavy atom. The van der Waals surface area contributed by atoms with Gasteiger partial charge in [0, 0.05) is 17.4 Å². The number of benzene rings is 2. The molecule has 0 bridgehead atoms. The monoisotopic (exact) mass is 492 g/mol. The topological polar surface area (TPSA) is 87.8 Å². The first-order chi connectivity index (χ1) is 16.0. The molecule has 0 aliphatic carbocycles. The number of nitrogens with zero attached hydrogens (tertiary/aromatic N) is 3. The lowest BCUT2D eigenvalue weighted by Gasteiger charge is -2.07.